The van der Waals surface area contributed by atoms with Crippen LogP contribution in [0.1, 0.15) is 11.1 Å². The van der Waals surface area contributed by atoms with Crippen molar-refractivity contribution in [3.8, 4) is 11.5 Å². The fourth-order valence-corrected chi connectivity index (χ4v) is 2.95. The molecule has 0 aromatic heterocycles. The van der Waals surface area contributed by atoms with Gasteiger partial charge < -0.3 is 9.47 Å². The molecule has 1 aliphatic heterocycles. The lowest BCUT2D eigenvalue weighted by molar-refractivity contribution is -0.168. The van der Waals surface area contributed by atoms with E-state index < -0.39 is 11.6 Å². The van der Waals surface area contributed by atoms with Crippen molar-refractivity contribution in [2.45, 2.75) is 18.0 Å². The number of hydrogen-bond donors (Lipinski definition) is 0. The van der Waals surface area contributed by atoms with Gasteiger partial charge in [-0.3, -0.25) is 4.99 Å². The van der Waals surface area contributed by atoms with Gasteiger partial charge in [0.1, 0.15) is 16.9 Å². The number of aliphatic imine (C=N–C) groups is 1. The largest absolute Gasteiger partial charge is 0.497 e. The molecular weight excluding hydrogens is 319 g/mol. The number of nitrogens with zero attached hydrogens (tertiary/aromatic N) is 1. The van der Waals surface area contributed by atoms with E-state index in [0.29, 0.717) is 22.7 Å². The highest BCUT2D eigenvalue weighted by atomic mass is 19.4. The first-order chi connectivity index (χ1) is 11.4. The number of alkyl halides is 3. The Morgan fingerprint density at radius 3 is 2.29 bits per heavy atom. The van der Waals surface area contributed by atoms with Crippen LogP contribution in [0.25, 0.3) is 0 Å². The van der Waals surface area contributed by atoms with Gasteiger partial charge in [-0.15, -0.1) is 0 Å². The number of methoxy groups -OCH3 is 2. The molecule has 6 heteroatoms. The van der Waals surface area contributed by atoms with Crippen molar-refractivity contribution in [3.05, 3.63) is 53.6 Å². The van der Waals surface area contributed by atoms with E-state index in [1.165, 1.54) is 38.5 Å². The maximum absolute atomic E-state index is 14.0. The predicted octanol–water partition coefficient (Wildman–Crippen LogP) is 4.46. The standard InChI is InChI=1S/C18H16F3NO2/c1-23-13-8-6-12(7-9-13)17(18(19,20)21)10-14-15(22-11-17)4-3-5-16(14)24-2/h3-9,11H,10H2,1-2H3/t17-/m0/s1. The molecule has 3 nitrogen and oxygen atoms in total. The lowest BCUT2D eigenvalue weighted by atomic mass is 9.74. The predicted molar refractivity (Wildman–Crippen MR) is 85.6 cm³/mol. The van der Waals surface area contributed by atoms with Gasteiger partial charge in [0.25, 0.3) is 0 Å². The van der Waals surface area contributed by atoms with Gasteiger partial charge in [-0.2, -0.15) is 13.2 Å². The summed E-state index contributed by atoms with van der Waals surface area (Å²) in [5.74, 6) is 0.910. The first kappa shape index (κ1) is 16.4. The minimum Gasteiger partial charge on any atom is -0.497 e. The first-order valence-corrected chi connectivity index (χ1v) is 7.33. The second kappa shape index (κ2) is 5.85. The van der Waals surface area contributed by atoms with E-state index in [4.69, 9.17) is 9.47 Å². The number of ether oxygens (including phenoxy) is 2. The molecule has 2 aromatic rings. The van der Waals surface area contributed by atoms with Crippen LogP contribution in [0, 0.1) is 0 Å². The molecule has 0 amide bonds. The molecule has 0 saturated heterocycles. The Morgan fingerprint density at radius 2 is 1.71 bits per heavy atom. The Hall–Kier alpha value is -2.50. The first-order valence-electron chi connectivity index (χ1n) is 7.33. The second-order valence-electron chi connectivity index (χ2n) is 5.59. The lowest BCUT2D eigenvalue weighted by Gasteiger charge is -2.36. The number of rotatable bonds is 3. The summed E-state index contributed by atoms with van der Waals surface area (Å²) in [6.45, 7) is 0. The summed E-state index contributed by atoms with van der Waals surface area (Å²) in [5.41, 5.74) is -1.12. The highest BCUT2D eigenvalue weighted by Crippen LogP contribution is 2.48. The zero-order chi connectivity index (χ0) is 17.4. The van der Waals surface area contributed by atoms with E-state index in [2.05, 4.69) is 4.99 Å². The van der Waals surface area contributed by atoms with Gasteiger partial charge in [-0.05, 0) is 29.8 Å². The molecular formula is C18H16F3NO2. The fraction of sp³-hybridized carbons (Fsp3) is 0.278. The van der Waals surface area contributed by atoms with E-state index >= 15 is 0 Å². The number of halogens is 3. The molecule has 1 aliphatic rings. The molecule has 1 heterocycles. The average Bonchev–Trinajstić information content (AvgIpc) is 2.59. The molecule has 126 valence electrons. The topological polar surface area (TPSA) is 30.8 Å². The number of benzene rings is 2. The van der Waals surface area contributed by atoms with Crippen molar-refractivity contribution >= 4 is 11.9 Å². The highest BCUT2D eigenvalue weighted by molar-refractivity contribution is 5.83. The SMILES string of the molecule is COc1ccc([C@@]2(C(F)(F)F)C=Nc3cccc(OC)c3C2)cc1. The van der Waals surface area contributed by atoms with Crippen LogP contribution in [0.3, 0.4) is 0 Å². The second-order valence-corrected chi connectivity index (χ2v) is 5.59. The van der Waals surface area contributed by atoms with Crippen molar-refractivity contribution in [2.75, 3.05) is 14.2 Å². The Balaban J connectivity index is 2.15. The van der Waals surface area contributed by atoms with E-state index in [1.807, 2.05) is 0 Å². The van der Waals surface area contributed by atoms with Gasteiger partial charge in [-0.25, -0.2) is 0 Å². The van der Waals surface area contributed by atoms with E-state index in [1.54, 1.807) is 18.2 Å². The Bertz CT molecular complexity index is 769. The molecule has 0 N–H and O–H groups in total. The molecule has 0 aliphatic carbocycles. The minimum atomic E-state index is -4.50. The third-order valence-electron chi connectivity index (χ3n) is 4.32. The van der Waals surface area contributed by atoms with E-state index in [-0.39, 0.29) is 12.0 Å². The van der Waals surface area contributed by atoms with Crippen LogP contribution in [0.5, 0.6) is 11.5 Å². The van der Waals surface area contributed by atoms with Crippen molar-refractivity contribution in [3.63, 3.8) is 0 Å². The molecule has 0 saturated carbocycles. The van der Waals surface area contributed by atoms with Gasteiger partial charge >= 0.3 is 6.18 Å². The number of fused-ring (bicyclic) bond motifs is 1. The highest BCUT2D eigenvalue weighted by Gasteiger charge is 2.56. The van der Waals surface area contributed by atoms with Gasteiger partial charge in [0, 0.05) is 18.2 Å². The summed E-state index contributed by atoms with van der Waals surface area (Å²) >= 11 is 0. The summed E-state index contributed by atoms with van der Waals surface area (Å²) in [6.07, 6.45) is -3.76. The van der Waals surface area contributed by atoms with E-state index in [0.717, 1.165) is 6.21 Å². The maximum atomic E-state index is 14.0. The lowest BCUT2D eigenvalue weighted by Crippen LogP contribution is -2.47. The molecule has 1 atom stereocenters. The summed E-state index contributed by atoms with van der Waals surface area (Å²) in [7, 11) is 2.91. The van der Waals surface area contributed by atoms with Crippen LogP contribution in [0.15, 0.2) is 47.5 Å². The molecule has 0 fully saturated rings. The molecule has 0 spiro atoms. The third kappa shape index (κ3) is 2.52. The van der Waals surface area contributed by atoms with Crippen LogP contribution < -0.4 is 9.47 Å². The molecule has 0 radical (unpaired) electrons. The molecule has 0 unspecified atom stereocenters. The molecule has 2 aromatic carbocycles. The quantitative estimate of drug-likeness (QED) is 0.829. The summed E-state index contributed by atoms with van der Waals surface area (Å²) in [5, 5.41) is 0. The average molecular weight is 335 g/mol. The Morgan fingerprint density at radius 1 is 1.00 bits per heavy atom. The van der Waals surface area contributed by atoms with Crippen LogP contribution >= 0.6 is 0 Å². The van der Waals surface area contributed by atoms with Crippen LogP contribution in [-0.4, -0.2) is 26.6 Å². The minimum absolute atomic E-state index is 0.121. The fourth-order valence-electron chi connectivity index (χ4n) is 2.95. The van der Waals surface area contributed by atoms with Crippen LogP contribution in [0.4, 0.5) is 18.9 Å². The van der Waals surface area contributed by atoms with Crippen LogP contribution in [0.2, 0.25) is 0 Å². The van der Waals surface area contributed by atoms with E-state index in [9.17, 15) is 13.2 Å². The molecule has 3 rings (SSSR count). The zero-order valence-corrected chi connectivity index (χ0v) is 13.2. The summed E-state index contributed by atoms with van der Waals surface area (Å²) in [6, 6.07) is 10.9. The van der Waals surface area contributed by atoms with Crippen LogP contribution in [-0.2, 0) is 11.8 Å². The number of hydrogen-bond acceptors (Lipinski definition) is 3. The van der Waals surface area contributed by atoms with Gasteiger partial charge in [0.05, 0.1) is 19.9 Å². The maximum Gasteiger partial charge on any atom is 0.403 e. The van der Waals surface area contributed by atoms with Gasteiger partial charge in [-0.1, -0.05) is 18.2 Å². The van der Waals surface area contributed by atoms with Crippen molar-refractivity contribution < 1.29 is 22.6 Å². The Kier molecular flexibility index (Phi) is 3.99. The third-order valence-corrected chi connectivity index (χ3v) is 4.32. The zero-order valence-electron chi connectivity index (χ0n) is 13.2. The smallest absolute Gasteiger partial charge is 0.403 e. The van der Waals surface area contributed by atoms with Crippen molar-refractivity contribution in [1.29, 1.82) is 0 Å². The van der Waals surface area contributed by atoms with Crippen molar-refractivity contribution in [1.82, 2.24) is 0 Å². The Labute approximate surface area is 137 Å². The van der Waals surface area contributed by atoms with Crippen molar-refractivity contribution in [2.24, 2.45) is 4.99 Å². The normalized spacial score (nSPS) is 19.7. The van der Waals surface area contributed by atoms with Gasteiger partial charge in [0.2, 0.25) is 0 Å². The molecule has 24 heavy (non-hydrogen) atoms. The monoisotopic (exact) mass is 335 g/mol. The summed E-state index contributed by atoms with van der Waals surface area (Å²) in [4.78, 5) is 4.08. The summed E-state index contributed by atoms with van der Waals surface area (Å²) < 4.78 is 52.4. The molecule has 0 bridgehead atoms. The van der Waals surface area contributed by atoms with Gasteiger partial charge in [0.15, 0.2) is 0 Å².